The van der Waals surface area contributed by atoms with Crippen LogP contribution in [0.5, 0.6) is 0 Å². The fourth-order valence-corrected chi connectivity index (χ4v) is 10.2. The van der Waals surface area contributed by atoms with E-state index in [1.165, 1.54) is 18.2 Å². The number of alkyl halides is 6. The van der Waals surface area contributed by atoms with Crippen molar-refractivity contribution in [3.05, 3.63) is 109 Å². The lowest BCUT2D eigenvalue weighted by Gasteiger charge is -2.25. The summed E-state index contributed by atoms with van der Waals surface area (Å²) in [5, 5.41) is 9.35. The quantitative estimate of drug-likeness (QED) is 0.110. The van der Waals surface area contributed by atoms with Crippen molar-refractivity contribution in [3.8, 4) is 5.69 Å². The Morgan fingerprint density at radius 2 is 1.69 bits per heavy atom. The number of amides is 1. The molecule has 3 heterocycles. The molecule has 6 aromatic rings. The summed E-state index contributed by atoms with van der Waals surface area (Å²) < 4.78 is 148. The number of nitrogens with one attached hydrogen (secondary N) is 2. The van der Waals surface area contributed by atoms with Crippen molar-refractivity contribution in [2.75, 3.05) is 4.72 Å². The van der Waals surface area contributed by atoms with E-state index in [9.17, 15) is 39.6 Å². The summed E-state index contributed by atoms with van der Waals surface area (Å²) in [6, 6.07) is 8.08. The largest absolute Gasteiger partial charge is 0.344 e. The van der Waals surface area contributed by atoms with Crippen LogP contribution >= 0.6 is 11.6 Å². The zero-order chi connectivity index (χ0) is 45.9. The summed E-state index contributed by atoms with van der Waals surface area (Å²) in [6.45, 7) is 3.50. The average Bonchev–Trinajstić information content (AvgIpc) is 4.11. The van der Waals surface area contributed by atoms with Crippen molar-refractivity contribution in [1.82, 2.24) is 34.4 Å². The minimum Gasteiger partial charge on any atom is -0.344 e. The summed E-state index contributed by atoms with van der Waals surface area (Å²) in [7, 11) is -4.07. The normalized spacial score (nSPS) is 18.5. The Kier molecular flexibility index (Phi) is 10.4. The number of carbonyl (C=O) groups is 1. The molecular weight excluding hydrogens is 900 g/mol. The van der Waals surface area contributed by atoms with Gasteiger partial charge >= 0.3 is 0 Å². The molecule has 3 aliphatic carbocycles. The van der Waals surface area contributed by atoms with E-state index in [1.54, 1.807) is 12.1 Å². The van der Waals surface area contributed by atoms with Crippen LogP contribution in [0.1, 0.15) is 92.3 Å². The Bertz CT molecular complexity index is 3070. The van der Waals surface area contributed by atoms with Gasteiger partial charge in [0.1, 0.15) is 41.9 Å². The van der Waals surface area contributed by atoms with Gasteiger partial charge in [0.05, 0.1) is 43.8 Å². The number of nitrogens with zero attached hydrogens (tertiary/aromatic N) is 6. The van der Waals surface area contributed by atoms with Gasteiger partial charge in [-0.05, 0) is 78.1 Å². The number of anilines is 1. The van der Waals surface area contributed by atoms with Crippen LogP contribution in [0.15, 0.2) is 53.3 Å². The molecule has 2 fully saturated rings. The van der Waals surface area contributed by atoms with Crippen molar-refractivity contribution >= 4 is 55.2 Å². The second-order valence-electron chi connectivity index (χ2n) is 17.4. The molecule has 0 aliphatic heterocycles. The molecule has 3 aromatic carbocycles. The number of sulfonamides is 1. The Labute approximate surface area is 363 Å². The lowest BCUT2D eigenvalue weighted by atomic mass is 9.86. The monoisotopic (exact) mass is 936 g/mol. The summed E-state index contributed by atoms with van der Waals surface area (Å²) in [6.07, 6.45) is -6.22. The fourth-order valence-electron chi connectivity index (χ4n) is 8.63. The van der Waals surface area contributed by atoms with Crippen molar-refractivity contribution < 1.29 is 48.3 Å². The molecule has 12 nitrogen and oxygen atoms in total. The lowest BCUT2D eigenvalue weighted by molar-refractivity contribution is -0.123. The molecule has 64 heavy (non-hydrogen) atoms. The maximum atomic E-state index is 15.5. The van der Waals surface area contributed by atoms with E-state index in [-0.39, 0.29) is 55.9 Å². The molecule has 0 saturated heterocycles. The number of hydrogen-bond donors (Lipinski definition) is 2. The van der Waals surface area contributed by atoms with Crippen LogP contribution in [-0.2, 0) is 45.7 Å². The highest BCUT2D eigenvalue weighted by Crippen LogP contribution is 2.68. The van der Waals surface area contributed by atoms with E-state index < -0.39 is 117 Å². The number of hydrogen-bond acceptors (Lipinski definition) is 7. The second-order valence-corrected chi connectivity index (χ2v) is 19.8. The molecule has 3 atom stereocenters. The predicted molar refractivity (Wildman–Crippen MR) is 219 cm³/mol. The molecule has 0 bridgehead atoms. The number of carbonyl (C=O) groups excluding carboxylic acids is 1. The molecule has 22 heteroatoms. The molecule has 2 N–H and O–H groups in total. The van der Waals surface area contributed by atoms with Crippen molar-refractivity contribution in [2.45, 2.75) is 101 Å². The van der Waals surface area contributed by atoms with E-state index >= 15 is 13.6 Å². The minimum atomic E-state index is -4.07. The molecule has 9 rings (SSSR count). The van der Waals surface area contributed by atoms with Crippen molar-refractivity contribution in [1.29, 1.82) is 0 Å². The topological polar surface area (TPSA) is 146 Å². The standard InChI is InChI=1S/C42H37ClF8N8O4S/c1-41(2,3)19-4-7-23-27(13-19)53-39(59(40(23)61)29-9-8-26(43)33-35(29)57(16-30(46)47)55-38(33)56-64(62,63)22-5-6-22)28(12-18-10-20(44)14-21(45)11-18)52-31(60)17-58-36-32(34(54-58)37(48)49)24-15-25(24)42(36,50)51/h4,7-11,13-14,22,24-25,28,30,37H,5-6,12,15-17H2,1-3H3,(H,52,60)(H,55,56)/t24-,25+,28-/m0/s1. The zero-order valence-electron chi connectivity index (χ0n) is 34.0. The van der Waals surface area contributed by atoms with Gasteiger partial charge < -0.3 is 5.32 Å². The molecular formula is C42H37ClF8N8O4S. The van der Waals surface area contributed by atoms with Crippen molar-refractivity contribution in [3.63, 3.8) is 0 Å². The van der Waals surface area contributed by atoms with Crippen LogP contribution in [0.2, 0.25) is 5.02 Å². The maximum Gasteiger partial charge on any atom is 0.293 e. The first-order valence-electron chi connectivity index (χ1n) is 20.1. The fraction of sp³-hybridized carbons (Fsp3) is 0.405. The van der Waals surface area contributed by atoms with Gasteiger partial charge in [-0.1, -0.05) is 38.4 Å². The summed E-state index contributed by atoms with van der Waals surface area (Å²) in [5.41, 5.74) is -3.26. The van der Waals surface area contributed by atoms with Crippen LogP contribution < -0.4 is 15.6 Å². The highest BCUT2D eigenvalue weighted by molar-refractivity contribution is 7.93. The molecule has 0 unspecified atom stereocenters. The van der Waals surface area contributed by atoms with Crippen molar-refractivity contribution in [2.24, 2.45) is 5.92 Å². The number of rotatable bonds is 13. The molecule has 0 spiro atoms. The van der Waals surface area contributed by atoms with Gasteiger partial charge in [0.2, 0.25) is 15.9 Å². The third-order valence-electron chi connectivity index (χ3n) is 11.8. The highest BCUT2D eigenvalue weighted by Gasteiger charge is 2.67. The van der Waals surface area contributed by atoms with E-state index in [0.717, 1.165) is 21.4 Å². The maximum absolute atomic E-state index is 15.5. The number of aromatic nitrogens is 6. The summed E-state index contributed by atoms with van der Waals surface area (Å²) >= 11 is 6.65. The molecule has 3 aliphatic rings. The third-order valence-corrected chi connectivity index (χ3v) is 13.9. The van der Waals surface area contributed by atoms with Gasteiger partial charge in [0.25, 0.3) is 24.3 Å². The Morgan fingerprint density at radius 1 is 0.984 bits per heavy atom. The predicted octanol–water partition coefficient (Wildman–Crippen LogP) is 8.58. The van der Waals surface area contributed by atoms with E-state index in [2.05, 4.69) is 20.2 Å². The van der Waals surface area contributed by atoms with E-state index in [0.29, 0.717) is 29.2 Å². The first kappa shape index (κ1) is 43.7. The van der Waals surface area contributed by atoms with Crippen LogP contribution in [0.25, 0.3) is 27.5 Å². The number of benzene rings is 3. The van der Waals surface area contributed by atoms with E-state index in [1.807, 2.05) is 20.8 Å². The Morgan fingerprint density at radius 3 is 2.33 bits per heavy atom. The van der Waals surface area contributed by atoms with Crippen LogP contribution in [0, 0.1) is 17.6 Å². The number of fused-ring (bicyclic) bond motifs is 5. The Balaban J connectivity index is 1.27. The van der Waals surface area contributed by atoms with Crippen LogP contribution in [0.4, 0.5) is 40.9 Å². The van der Waals surface area contributed by atoms with Crippen LogP contribution in [0.3, 0.4) is 0 Å². The van der Waals surface area contributed by atoms with Gasteiger partial charge in [-0.2, -0.15) is 19.0 Å². The first-order chi connectivity index (χ1) is 30.0. The van der Waals surface area contributed by atoms with Gasteiger partial charge in [0, 0.05) is 24.0 Å². The molecule has 2 saturated carbocycles. The summed E-state index contributed by atoms with van der Waals surface area (Å²) in [4.78, 5) is 34.0. The van der Waals surface area contributed by atoms with Crippen LogP contribution in [-0.4, -0.2) is 55.1 Å². The highest BCUT2D eigenvalue weighted by atomic mass is 35.5. The molecule has 338 valence electrons. The summed E-state index contributed by atoms with van der Waals surface area (Å²) in [5.74, 6) is -9.65. The lowest BCUT2D eigenvalue weighted by Crippen LogP contribution is -2.38. The Hall–Kier alpha value is -5.57. The smallest absolute Gasteiger partial charge is 0.293 e. The average molecular weight is 937 g/mol. The van der Waals surface area contributed by atoms with Gasteiger partial charge in [0.15, 0.2) is 5.82 Å². The minimum absolute atomic E-state index is 0.0243. The van der Waals surface area contributed by atoms with Gasteiger partial charge in [-0.3, -0.25) is 28.2 Å². The zero-order valence-corrected chi connectivity index (χ0v) is 35.5. The van der Waals surface area contributed by atoms with E-state index in [4.69, 9.17) is 16.6 Å². The third kappa shape index (κ3) is 7.66. The van der Waals surface area contributed by atoms with Gasteiger partial charge in [-0.15, -0.1) is 0 Å². The molecule has 1 amide bonds. The van der Waals surface area contributed by atoms with Gasteiger partial charge in [-0.25, -0.2) is 39.7 Å². The molecule has 3 aromatic heterocycles. The molecule has 0 radical (unpaired) electrons. The first-order valence-corrected chi connectivity index (χ1v) is 22.0. The second kappa shape index (κ2) is 15.3. The number of halogens is 9. The SMILES string of the molecule is CC(C)(C)c1ccc2c(=O)n(-c3ccc(Cl)c4c(NS(=O)(=O)C5CC5)nn(CC(F)F)c34)c([C@H](Cc3cc(F)cc(F)c3)NC(=O)Cn3nc(C(F)F)c4c3C(F)(F)[C@@H]3C[C@H]43)nc2c1.